The summed E-state index contributed by atoms with van der Waals surface area (Å²) in [5.74, 6) is 0.756. The lowest BCUT2D eigenvalue weighted by atomic mass is 10.0. The molecule has 0 atom stereocenters. The van der Waals surface area contributed by atoms with E-state index in [1.54, 1.807) is 42.6 Å². The number of aryl methyl sites for hydroxylation is 1. The summed E-state index contributed by atoms with van der Waals surface area (Å²) in [5, 5.41) is 16.2. The number of hydroxylamine groups is 3. The second kappa shape index (κ2) is 8.34. The lowest BCUT2D eigenvalue weighted by Crippen LogP contribution is -2.55. The smallest absolute Gasteiger partial charge is 0.169 e. The first kappa shape index (κ1) is 21.2. The van der Waals surface area contributed by atoms with Crippen molar-refractivity contribution in [1.29, 1.82) is 0 Å². The van der Waals surface area contributed by atoms with Gasteiger partial charge in [-0.1, -0.05) is 0 Å². The first-order valence-corrected chi connectivity index (χ1v) is 10.9. The molecule has 0 saturated carbocycles. The fraction of sp³-hybridized carbons (Fsp3) is 0.292. The van der Waals surface area contributed by atoms with Gasteiger partial charge in [0.05, 0.1) is 38.4 Å². The van der Waals surface area contributed by atoms with Gasteiger partial charge in [-0.2, -0.15) is 9.75 Å². The van der Waals surface area contributed by atoms with Crippen molar-refractivity contribution in [1.82, 2.24) is 24.7 Å². The minimum Gasteiger partial charge on any atom is -0.345 e. The van der Waals surface area contributed by atoms with Gasteiger partial charge in [0.15, 0.2) is 5.78 Å². The molecule has 1 N–H and O–H groups in total. The molecule has 9 nitrogen and oxygen atoms in total. The Morgan fingerprint density at radius 2 is 1.85 bits per heavy atom. The van der Waals surface area contributed by atoms with Crippen LogP contribution in [-0.4, -0.2) is 73.6 Å². The molecule has 168 valence electrons. The van der Waals surface area contributed by atoms with Gasteiger partial charge in [0.1, 0.15) is 18.9 Å². The molecule has 0 amide bonds. The first-order valence-electron chi connectivity index (χ1n) is 10.9. The largest absolute Gasteiger partial charge is 0.345 e. The zero-order valence-corrected chi connectivity index (χ0v) is 18.7. The molecule has 33 heavy (non-hydrogen) atoms. The molecule has 9 heteroatoms. The van der Waals surface area contributed by atoms with Gasteiger partial charge in [0.2, 0.25) is 0 Å². The lowest BCUT2D eigenvalue weighted by Gasteiger charge is -2.36. The van der Waals surface area contributed by atoms with Crippen LogP contribution in [0.15, 0.2) is 55.2 Å². The average molecular weight is 445 g/mol. The fourth-order valence-corrected chi connectivity index (χ4v) is 4.05. The predicted octanol–water partition coefficient (Wildman–Crippen LogP) is 2.51. The summed E-state index contributed by atoms with van der Waals surface area (Å²) in [4.78, 5) is 28.5. The second-order valence-corrected chi connectivity index (χ2v) is 8.77. The van der Waals surface area contributed by atoms with Crippen LogP contribution in [0.2, 0.25) is 0 Å². The molecular formula is C24H26N7O2+. The first-order chi connectivity index (χ1) is 15.9. The molecule has 5 rings (SSSR count). The summed E-state index contributed by atoms with van der Waals surface area (Å²) < 4.78 is 1.76. The molecule has 4 aromatic rings. The van der Waals surface area contributed by atoms with E-state index in [-0.39, 0.29) is 16.9 Å². The summed E-state index contributed by atoms with van der Waals surface area (Å²) >= 11 is 0. The average Bonchev–Trinajstić information content (AvgIpc) is 3.25. The number of hydrogen-bond donors (Lipinski definition) is 1. The highest BCUT2D eigenvalue weighted by molar-refractivity contribution is 5.98. The number of piperazine rings is 1. The lowest BCUT2D eigenvalue weighted by molar-refractivity contribution is -1.09. The van der Waals surface area contributed by atoms with E-state index >= 15 is 0 Å². The van der Waals surface area contributed by atoms with Gasteiger partial charge in [-0.3, -0.25) is 19.4 Å². The number of anilines is 1. The molecule has 0 aliphatic carbocycles. The fourth-order valence-electron chi connectivity index (χ4n) is 4.05. The molecule has 0 spiro atoms. The summed E-state index contributed by atoms with van der Waals surface area (Å²) in [6.07, 6.45) is 9.12. The SMILES string of the molecule is Cn1cc(-c2cc3cc(CC(=O)c4ccnc(N5CC[N+](C)(O)CC5)c4)ncc3cn2)cn1. The van der Waals surface area contributed by atoms with E-state index in [2.05, 4.69) is 25.0 Å². The van der Waals surface area contributed by atoms with E-state index in [9.17, 15) is 10.0 Å². The van der Waals surface area contributed by atoms with E-state index in [1.807, 2.05) is 31.4 Å². The number of rotatable bonds is 5. The van der Waals surface area contributed by atoms with Gasteiger partial charge in [-0.15, -0.1) is 0 Å². The molecule has 0 aromatic carbocycles. The third kappa shape index (κ3) is 4.59. The molecule has 0 unspecified atom stereocenters. The number of carbonyl (C=O) groups excluding carboxylic acids is 1. The monoisotopic (exact) mass is 444 g/mol. The quantitative estimate of drug-likeness (QED) is 0.373. The Kier molecular flexibility index (Phi) is 5.35. The Morgan fingerprint density at radius 3 is 2.61 bits per heavy atom. The summed E-state index contributed by atoms with van der Waals surface area (Å²) in [6.45, 7) is 2.63. The number of Topliss-reactive ketones (excluding diaryl/α,β-unsaturated/α-hetero) is 1. The number of quaternary nitrogens is 1. The minimum atomic E-state index is -0.00757. The zero-order valence-electron chi connectivity index (χ0n) is 18.7. The van der Waals surface area contributed by atoms with E-state index in [1.165, 1.54) is 0 Å². The summed E-state index contributed by atoms with van der Waals surface area (Å²) in [5.41, 5.74) is 3.09. The molecule has 1 aliphatic heterocycles. The van der Waals surface area contributed by atoms with E-state index in [0.717, 1.165) is 27.8 Å². The van der Waals surface area contributed by atoms with E-state index in [0.29, 0.717) is 37.4 Å². The zero-order chi connectivity index (χ0) is 23.0. The van der Waals surface area contributed by atoms with Crippen molar-refractivity contribution in [2.75, 3.05) is 38.1 Å². The van der Waals surface area contributed by atoms with Crippen molar-refractivity contribution in [3.05, 3.63) is 66.5 Å². The van der Waals surface area contributed by atoms with Crippen LogP contribution in [0.3, 0.4) is 0 Å². The second-order valence-electron chi connectivity index (χ2n) is 8.77. The van der Waals surface area contributed by atoms with Crippen molar-refractivity contribution in [3.63, 3.8) is 0 Å². The Morgan fingerprint density at radius 1 is 1.06 bits per heavy atom. The molecule has 1 fully saturated rings. The van der Waals surface area contributed by atoms with Gasteiger partial charge < -0.3 is 4.90 Å². The Balaban J connectivity index is 1.34. The van der Waals surface area contributed by atoms with Crippen LogP contribution in [0, 0.1) is 0 Å². The molecule has 1 aliphatic rings. The molecule has 4 aromatic heterocycles. The Hall–Kier alpha value is -3.69. The summed E-state index contributed by atoms with van der Waals surface area (Å²) in [6, 6.07) is 7.52. The van der Waals surface area contributed by atoms with Crippen molar-refractivity contribution < 1.29 is 14.6 Å². The molecule has 0 bridgehead atoms. The van der Waals surface area contributed by atoms with Crippen LogP contribution >= 0.6 is 0 Å². The van der Waals surface area contributed by atoms with Crippen LogP contribution in [0.25, 0.3) is 22.0 Å². The maximum atomic E-state index is 13.0. The number of likely N-dealkylation sites (N-methyl/N-ethyl adjacent to an activating group) is 1. The molecule has 1 saturated heterocycles. The Bertz CT molecular complexity index is 1320. The third-order valence-electron chi connectivity index (χ3n) is 6.10. The molecule has 0 radical (unpaired) electrons. The number of hydrogen-bond acceptors (Lipinski definition) is 7. The highest BCUT2D eigenvalue weighted by Gasteiger charge is 2.28. The van der Waals surface area contributed by atoms with Gasteiger partial charge >= 0.3 is 0 Å². The number of fused-ring (bicyclic) bond motifs is 1. The van der Waals surface area contributed by atoms with Gasteiger partial charge in [-0.25, -0.2) is 10.2 Å². The highest BCUT2D eigenvalue weighted by Crippen LogP contribution is 2.23. The van der Waals surface area contributed by atoms with Crippen molar-refractivity contribution in [2.45, 2.75) is 6.42 Å². The van der Waals surface area contributed by atoms with E-state index < -0.39 is 0 Å². The molecule has 5 heterocycles. The maximum Gasteiger partial charge on any atom is 0.169 e. The standard InChI is InChI=1S/C24H26N7O2/c1-29-16-20(15-28-29)22-10-18-9-21(26-13-19(18)14-27-22)12-23(32)17-3-4-25-24(11-17)30-5-7-31(2,33)8-6-30/h3-4,9-11,13-16,33H,5-8,12H2,1-2H3/q+1. The van der Waals surface area contributed by atoms with Gasteiger partial charge in [0.25, 0.3) is 0 Å². The summed E-state index contributed by atoms with van der Waals surface area (Å²) in [7, 11) is 3.67. The highest BCUT2D eigenvalue weighted by atomic mass is 16.5. The minimum absolute atomic E-state index is 0.00757. The normalized spacial score (nSPS) is 15.7. The van der Waals surface area contributed by atoms with Crippen LogP contribution in [0.1, 0.15) is 16.1 Å². The van der Waals surface area contributed by atoms with Crippen molar-refractivity contribution >= 4 is 22.4 Å². The number of carbonyl (C=O) groups is 1. The number of ketones is 1. The molecular weight excluding hydrogens is 418 g/mol. The van der Waals surface area contributed by atoms with E-state index in [4.69, 9.17) is 0 Å². The Labute approximate surface area is 191 Å². The third-order valence-corrected chi connectivity index (χ3v) is 6.10. The number of nitrogens with zero attached hydrogens (tertiary/aromatic N) is 7. The van der Waals surface area contributed by atoms with Gasteiger partial charge in [0, 0.05) is 54.0 Å². The van der Waals surface area contributed by atoms with Gasteiger partial charge in [-0.05, 0) is 29.7 Å². The van der Waals surface area contributed by atoms with Crippen LogP contribution in [0.4, 0.5) is 5.82 Å². The predicted molar refractivity (Wildman–Crippen MR) is 124 cm³/mol. The van der Waals surface area contributed by atoms with Crippen LogP contribution in [0.5, 0.6) is 0 Å². The number of pyridine rings is 3. The van der Waals surface area contributed by atoms with Crippen LogP contribution in [-0.2, 0) is 13.5 Å². The van der Waals surface area contributed by atoms with Crippen molar-refractivity contribution in [2.24, 2.45) is 7.05 Å². The maximum absolute atomic E-state index is 13.0. The van der Waals surface area contributed by atoms with Crippen molar-refractivity contribution in [3.8, 4) is 11.3 Å². The topological polar surface area (TPSA) is 97.0 Å². The van der Waals surface area contributed by atoms with Crippen LogP contribution < -0.4 is 4.90 Å². The number of aromatic nitrogens is 5.